The van der Waals surface area contributed by atoms with Crippen molar-refractivity contribution in [1.82, 2.24) is 0 Å². The van der Waals surface area contributed by atoms with Gasteiger partial charge in [-0.05, 0) is 22.9 Å². The fourth-order valence-electron chi connectivity index (χ4n) is 3.05. The van der Waals surface area contributed by atoms with Crippen LogP contribution in [0.1, 0.15) is 11.1 Å². The maximum atomic E-state index is 9.43. The van der Waals surface area contributed by atoms with Crippen molar-refractivity contribution in [1.29, 1.82) is 10.5 Å². The van der Waals surface area contributed by atoms with Crippen LogP contribution < -0.4 is 4.74 Å². The van der Waals surface area contributed by atoms with Crippen molar-refractivity contribution in [2.24, 2.45) is 0 Å². The Morgan fingerprint density at radius 1 is 0.800 bits per heavy atom. The minimum atomic E-state index is 0.0781. The van der Waals surface area contributed by atoms with Crippen molar-refractivity contribution in [2.45, 2.75) is 0 Å². The fraction of sp³-hybridized carbons (Fsp3) is 0. The number of nitriles is 2. The monoisotopic (exact) mass is 320 g/mol. The molecule has 1 aliphatic rings. The highest BCUT2D eigenvalue weighted by atomic mass is 16.5. The van der Waals surface area contributed by atoms with Crippen LogP contribution >= 0.6 is 0 Å². The molecular formula is C22H12N2O. The molecule has 0 saturated heterocycles. The first-order valence-electron chi connectivity index (χ1n) is 7.83. The van der Waals surface area contributed by atoms with E-state index in [4.69, 9.17) is 4.74 Å². The van der Waals surface area contributed by atoms with Crippen molar-refractivity contribution >= 4 is 22.1 Å². The molecule has 3 aromatic rings. The highest BCUT2D eigenvalue weighted by molar-refractivity contribution is 6.04. The number of fused-ring (bicyclic) bond motifs is 3. The number of rotatable bonds is 1. The standard InChI is InChI=1S/C22H12N2O/c23-13-17(14-24)19-12-21(16-7-2-1-3-8-16)25-20-11-10-15-6-4-5-9-18(15)22(19)20/h1-12H. The molecule has 1 aliphatic heterocycles. The lowest BCUT2D eigenvalue weighted by atomic mass is 9.91. The molecular weight excluding hydrogens is 308 g/mol. The van der Waals surface area contributed by atoms with E-state index < -0.39 is 0 Å². The van der Waals surface area contributed by atoms with Crippen LogP contribution in [0.3, 0.4) is 0 Å². The third-order valence-corrected chi connectivity index (χ3v) is 4.21. The van der Waals surface area contributed by atoms with Crippen molar-refractivity contribution in [3.05, 3.63) is 89.5 Å². The molecule has 3 heteroatoms. The van der Waals surface area contributed by atoms with E-state index in [1.165, 1.54) is 0 Å². The molecule has 3 aromatic carbocycles. The Balaban J connectivity index is 2.04. The number of benzene rings is 3. The third-order valence-electron chi connectivity index (χ3n) is 4.21. The fourth-order valence-corrected chi connectivity index (χ4v) is 3.05. The number of hydrogen-bond donors (Lipinski definition) is 0. The lowest BCUT2D eigenvalue weighted by molar-refractivity contribution is 0.510. The number of hydrogen-bond acceptors (Lipinski definition) is 3. The molecule has 0 aromatic heterocycles. The largest absolute Gasteiger partial charge is 0.456 e. The normalized spacial score (nSPS) is 12.4. The van der Waals surface area contributed by atoms with E-state index in [0.717, 1.165) is 21.9 Å². The van der Waals surface area contributed by atoms with Crippen molar-refractivity contribution in [3.63, 3.8) is 0 Å². The Morgan fingerprint density at radius 2 is 1.52 bits per heavy atom. The number of nitrogens with zero attached hydrogens (tertiary/aromatic N) is 2. The van der Waals surface area contributed by atoms with Gasteiger partial charge >= 0.3 is 0 Å². The lowest BCUT2D eigenvalue weighted by Gasteiger charge is -2.22. The Morgan fingerprint density at radius 3 is 2.28 bits per heavy atom. The number of ether oxygens (including phenoxy) is 1. The van der Waals surface area contributed by atoms with E-state index in [-0.39, 0.29) is 5.57 Å². The molecule has 0 radical (unpaired) electrons. The second-order valence-corrected chi connectivity index (χ2v) is 5.65. The zero-order valence-electron chi connectivity index (χ0n) is 13.2. The van der Waals surface area contributed by atoms with Crippen LogP contribution in [0.2, 0.25) is 0 Å². The molecule has 116 valence electrons. The van der Waals surface area contributed by atoms with Gasteiger partial charge in [-0.25, -0.2) is 0 Å². The quantitative estimate of drug-likeness (QED) is 0.588. The van der Waals surface area contributed by atoms with Crippen LogP contribution in [0.4, 0.5) is 0 Å². The zero-order valence-corrected chi connectivity index (χ0v) is 13.2. The van der Waals surface area contributed by atoms with Gasteiger partial charge < -0.3 is 4.74 Å². The van der Waals surface area contributed by atoms with Crippen LogP contribution in [0, 0.1) is 22.7 Å². The van der Waals surface area contributed by atoms with E-state index in [9.17, 15) is 10.5 Å². The summed E-state index contributed by atoms with van der Waals surface area (Å²) < 4.78 is 6.10. The molecule has 4 rings (SSSR count). The van der Waals surface area contributed by atoms with E-state index >= 15 is 0 Å². The molecule has 0 unspecified atom stereocenters. The minimum absolute atomic E-state index is 0.0781. The van der Waals surface area contributed by atoms with Gasteiger partial charge in [0.05, 0.1) is 0 Å². The maximum Gasteiger partial charge on any atom is 0.137 e. The average Bonchev–Trinajstić information content (AvgIpc) is 2.69. The maximum absolute atomic E-state index is 9.43. The Labute approximate surface area is 145 Å². The van der Waals surface area contributed by atoms with Crippen molar-refractivity contribution in [3.8, 4) is 17.9 Å². The second-order valence-electron chi connectivity index (χ2n) is 5.65. The van der Waals surface area contributed by atoms with E-state index in [0.29, 0.717) is 17.1 Å². The average molecular weight is 320 g/mol. The predicted molar refractivity (Wildman–Crippen MR) is 97.1 cm³/mol. The molecule has 25 heavy (non-hydrogen) atoms. The van der Waals surface area contributed by atoms with Gasteiger partial charge in [-0.1, -0.05) is 60.7 Å². The van der Waals surface area contributed by atoms with Gasteiger partial charge in [0.25, 0.3) is 0 Å². The topological polar surface area (TPSA) is 56.8 Å². The zero-order chi connectivity index (χ0) is 17.2. The van der Waals surface area contributed by atoms with Crippen LogP contribution in [0.25, 0.3) is 22.1 Å². The summed E-state index contributed by atoms with van der Waals surface area (Å²) in [6, 6.07) is 25.4. The van der Waals surface area contributed by atoms with Gasteiger partial charge in [0.1, 0.15) is 29.2 Å². The summed E-state index contributed by atoms with van der Waals surface area (Å²) in [4.78, 5) is 0. The molecule has 0 amide bonds. The molecule has 0 aliphatic carbocycles. The summed E-state index contributed by atoms with van der Waals surface area (Å²) in [6.07, 6.45) is 1.78. The van der Waals surface area contributed by atoms with E-state index in [2.05, 4.69) is 0 Å². The molecule has 0 N–H and O–H groups in total. The Hall–Kier alpha value is -3.82. The van der Waals surface area contributed by atoms with Crippen LogP contribution in [0.15, 0.2) is 78.4 Å². The Bertz CT molecular complexity index is 1110. The molecule has 0 atom stereocenters. The van der Waals surface area contributed by atoms with Gasteiger partial charge in [0.15, 0.2) is 0 Å². The smallest absolute Gasteiger partial charge is 0.137 e. The van der Waals surface area contributed by atoms with Gasteiger partial charge in [0, 0.05) is 16.7 Å². The van der Waals surface area contributed by atoms with Gasteiger partial charge in [-0.15, -0.1) is 0 Å². The molecule has 0 saturated carbocycles. The lowest BCUT2D eigenvalue weighted by Crippen LogP contribution is -2.05. The van der Waals surface area contributed by atoms with Crippen LogP contribution in [-0.2, 0) is 0 Å². The SMILES string of the molecule is N#CC(C#N)=C1C=C(c2ccccc2)Oc2ccc3ccccc3c21. The molecule has 0 spiro atoms. The summed E-state index contributed by atoms with van der Waals surface area (Å²) in [5.74, 6) is 1.28. The minimum Gasteiger partial charge on any atom is -0.456 e. The molecule has 0 fully saturated rings. The first-order valence-corrected chi connectivity index (χ1v) is 7.83. The molecule has 0 bridgehead atoms. The van der Waals surface area contributed by atoms with E-state index in [1.807, 2.05) is 78.9 Å². The summed E-state index contributed by atoms with van der Waals surface area (Å²) in [7, 11) is 0. The third kappa shape index (κ3) is 2.45. The summed E-state index contributed by atoms with van der Waals surface area (Å²) >= 11 is 0. The highest BCUT2D eigenvalue weighted by Gasteiger charge is 2.23. The van der Waals surface area contributed by atoms with Crippen LogP contribution in [0.5, 0.6) is 5.75 Å². The molecule has 3 nitrogen and oxygen atoms in total. The van der Waals surface area contributed by atoms with Crippen molar-refractivity contribution < 1.29 is 4.74 Å². The van der Waals surface area contributed by atoms with Gasteiger partial charge in [-0.2, -0.15) is 10.5 Å². The predicted octanol–water partition coefficient (Wildman–Crippen LogP) is 5.07. The first-order chi connectivity index (χ1) is 12.3. The van der Waals surface area contributed by atoms with E-state index in [1.54, 1.807) is 6.08 Å². The van der Waals surface area contributed by atoms with Gasteiger partial charge in [0.2, 0.25) is 0 Å². The summed E-state index contributed by atoms with van der Waals surface area (Å²) in [5, 5.41) is 20.9. The summed E-state index contributed by atoms with van der Waals surface area (Å²) in [5.41, 5.74) is 2.36. The second kappa shape index (κ2) is 6.00. The highest BCUT2D eigenvalue weighted by Crippen LogP contribution is 2.42. The van der Waals surface area contributed by atoms with Gasteiger partial charge in [-0.3, -0.25) is 0 Å². The number of allylic oxidation sites excluding steroid dienone is 3. The summed E-state index contributed by atoms with van der Waals surface area (Å²) in [6.45, 7) is 0. The Kier molecular flexibility index (Phi) is 3.54. The first kappa shape index (κ1) is 14.8. The molecule has 1 heterocycles. The van der Waals surface area contributed by atoms with Crippen LogP contribution in [-0.4, -0.2) is 0 Å². The van der Waals surface area contributed by atoms with Crippen molar-refractivity contribution in [2.75, 3.05) is 0 Å².